The second kappa shape index (κ2) is 8.24. The maximum absolute atomic E-state index is 9.07. The number of aliphatic hydroxyl groups excluding tert-OH is 1. The summed E-state index contributed by atoms with van der Waals surface area (Å²) < 4.78 is 1.82. The summed E-state index contributed by atoms with van der Waals surface area (Å²) in [6, 6.07) is 0.358. The predicted molar refractivity (Wildman–Crippen MR) is 73.3 cm³/mol. The number of hydrogen-bond donors (Lipinski definition) is 2. The van der Waals surface area contributed by atoms with Crippen molar-refractivity contribution in [2.24, 2.45) is 7.05 Å². The first-order valence-corrected chi connectivity index (χ1v) is 6.66. The zero-order valence-corrected chi connectivity index (χ0v) is 11.8. The third-order valence-corrected chi connectivity index (χ3v) is 2.90. The fourth-order valence-corrected chi connectivity index (χ4v) is 2.07. The van der Waals surface area contributed by atoms with Crippen LogP contribution in [0.5, 0.6) is 0 Å². The molecule has 1 heterocycles. The van der Waals surface area contributed by atoms with Crippen LogP contribution in [0.25, 0.3) is 0 Å². The summed E-state index contributed by atoms with van der Waals surface area (Å²) in [4.78, 5) is 2.26. The molecule has 1 atom stereocenters. The number of likely N-dealkylation sites (N-methyl/N-ethyl adjacent to an activating group) is 1. The van der Waals surface area contributed by atoms with Crippen molar-refractivity contribution in [3.8, 4) is 0 Å². The van der Waals surface area contributed by atoms with Crippen LogP contribution in [0, 0.1) is 0 Å². The molecule has 1 aromatic heterocycles. The van der Waals surface area contributed by atoms with E-state index < -0.39 is 0 Å². The van der Waals surface area contributed by atoms with Crippen LogP contribution in [0.15, 0.2) is 12.4 Å². The number of aliphatic hydroxyl groups is 1. The molecule has 1 unspecified atom stereocenters. The molecule has 0 aromatic carbocycles. The number of hydrogen-bond acceptors (Lipinski definition) is 4. The van der Waals surface area contributed by atoms with Crippen molar-refractivity contribution in [2.75, 3.05) is 26.7 Å². The molecule has 0 radical (unpaired) electrons. The molecule has 0 saturated heterocycles. The largest absolute Gasteiger partial charge is 0.396 e. The predicted octanol–water partition coefficient (Wildman–Crippen LogP) is 0.603. The SMILES string of the molecule is CCCNC(CCO)CN(C)Cc1cnn(C)c1. The van der Waals surface area contributed by atoms with E-state index in [0.717, 1.165) is 32.5 Å². The lowest BCUT2D eigenvalue weighted by atomic mass is 10.2. The van der Waals surface area contributed by atoms with Crippen LogP contribution in [-0.4, -0.2) is 52.6 Å². The average Bonchev–Trinajstić information content (AvgIpc) is 2.71. The molecule has 104 valence electrons. The molecule has 0 saturated carbocycles. The summed E-state index contributed by atoms with van der Waals surface area (Å²) in [5, 5.41) is 16.7. The van der Waals surface area contributed by atoms with Gasteiger partial charge in [0.2, 0.25) is 0 Å². The lowest BCUT2D eigenvalue weighted by molar-refractivity contribution is 0.226. The van der Waals surface area contributed by atoms with E-state index in [1.165, 1.54) is 5.56 Å². The van der Waals surface area contributed by atoms with Crippen molar-refractivity contribution in [3.63, 3.8) is 0 Å². The fraction of sp³-hybridized carbons (Fsp3) is 0.769. The van der Waals surface area contributed by atoms with Crippen LogP contribution in [0.2, 0.25) is 0 Å². The summed E-state index contributed by atoms with van der Waals surface area (Å²) in [6.07, 6.45) is 5.86. The molecule has 0 aliphatic rings. The molecule has 0 spiro atoms. The fourth-order valence-electron chi connectivity index (χ4n) is 2.07. The van der Waals surface area contributed by atoms with Crippen LogP contribution in [0.4, 0.5) is 0 Å². The quantitative estimate of drug-likeness (QED) is 0.678. The highest BCUT2D eigenvalue weighted by atomic mass is 16.3. The maximum Gasteiger partial charge on any atom is 0.0534 e. The minimum atomic E-state index is 0.238. The number of nitrogens with one attached hydrogen (secondary N) is 1. The summed E-state index contributed by atoms with van der Waals surface area (Å²) in [5.41, 5.74) is 1.22. The van der Waals surface area contributed by atoms with Gasteiger partial charge in [-0.1, -0.05) is 6.92 Å². The molecule has 18 heavy (non-hydrogen) atoms. The van der Waals surface area contributed by atoms with Gasteiger partial charge in [-0.3, -0.25) is 4.68 Å². The van der Waals surface area contributed by atoms with Gasteiger partial charge < -0.3 is 15.3 Å². The van der Waals surface area contributed by atoms with Crippen LogP contribution in [0.3, 0.4) is 0 Å². The highest BCUT2D eigenvalue weighted by molar-refractivity contribution is 5.03. The van der Waals surface area contributed by atoms with Crippen molar-refractivity contribution in [3.05, 3.63) is 18.0 Å². The smallest absolute Gasteiger partial charge is 0.0534 e. The van der Waals surface area contributed by atoms with Crippen molar-refractivity contribution in [2.45, 2.75) is 32.4 Å². The molecular formula is C13H26N4O. The van der Waals surface area contributed by atoms with Crippen molar-refractivity contribution < 1.29 is 5.11 Å². The number of aromatic nitrogens is 2. The zero-order valence-electron chi connectivity index (χ0n) is 11.8. The van der Waals surface area contributed by atoms with Crippen LogP contribution in [0.1, 0.15) is 25.3 Å². The number of aryl methyl sites for hydroxylation is 1. The topological polar surface area (TPSA) is 53.3 Å². The van der Waals surface area contributed by atoms with Gasteiger partial charge in [0, 0.05) is 44.5 Å². The third-order valence-electron chi connectivity index (χ3n) is 2.90. The lowest BCUT2D eigenvalue weighted by Crippen LogP contribution is -2.40. The van der Waals surface area contributed by atoms with Gasteiger partial charge in [0.05, 0.1) is 6.20 Å². The molecule has 0 aliphatic heterocycles. The molecule has 1 aromatic rings. The molecular weight excluding hydrogens is 228 g/mol. The van der Waals surface area contributed by atoms with Crippen molar-refractivity contribution in [1.29, 1.82) is 0 Å². The minimum absolute atomic E-state index is 0.238. The Kier molecular flexibility index (Phi) is 6.93. The van der Waals surface area contributed by atoms with Gasteiger partial charge in [-0.25, -0.2) is 0 Å². The lowest BCUT2D eigenvalue weighted by Gasteiger charge is -2.24. The van der Waals surface area contributed by atoms with E-state index in [9.17, 15) is 0 Å². The van der Waals surface area contributed by atoms with Gasteiger partial charge in [-0.05, 0) is 26.4 Å². The standard InChI is InChI=1S/C13H26N4O/c1-4-6-14-13(5-7-18)11-16(2)9-12-8-15-17(3)10-12/h8,10,13-14,18H,4-7,9,11H2,1-3H3. The molecule has 0 fully saturated rings. The van der Waals surface area contributed by atoms with Gasteiger partial charge in [-0.15, -0.1) is 0 Å². The normalized spacial score (nSPS) is 13.2. The Bertz CT molecular complexity index is 327. The third kappa shape index (κ3) is 5.62. The summed E-state index contributed by atoms with van der Waals surface area (Å²) in [6.45, 7) is 5.23. The van der Waals surface area contributed by atoms with Crippen LogP contribution >= 0.6 is 0 Å². The highest BCUT2D eigenvalue weighted by Gasteiger charge is 2.11. The molecule has 0 bridgehead atoms. The highest BCUT2D eigenvalue weighted by Crippen LogP contribution is 2.03. The van der Waals surface area contributed by atoms with Crippen molar-refractivity contribution in [1.82, 2.24) is 20.0 Å². The first-order valence-electron chi connectivity index (χ1n) is 6.66. The number of rotatable bonds is 9. The van der Waals surface area contributed by atoms with Gasteiger partial charge >= 0.3 is 0 Å². The zero-order chi connectivity index (χ0) is 13.4. The maximum atomic E-state index is 9.07. The first-order chi connectivity index (χ1) is 8.65. The number of nitrogens with zero attached hydrogens (tertiary/aromatic N) is 3. The molecule has 5 nitrogen and oxygen atoms in total. The van der Waals surface area contributed by atoms with E-state index in [1.54, 1.807) is 0 Å². The average molecular weight is 254 g/mol. The van der Waals surface area contributed by atoms with Crippen LogP contribution < -0.4 is 5.32 Å². The molecule has 0 amide bonds. The van der Waals surface area contributed by atoms with E-state index in [1.807, 2.05) is 24.1 Å². The molecule has 2 N–H and O–H groups in total. The molecule has 1 rings (SSSR count). The minimum Gasteiger partial charge on any atom is -0.396 e. The Morgan fingerprint density at radius 1 is 1.56 bits per heavy atom. The second-order valence-electron chi connectivity index (χ2n) is 4.88. The summed E-state index contributed by atoms with van der Waals surface area (Å²) in [5.74, 6) is 0. The molecule has 0 aliphatic carbocycles. The van der Waals surface area contributed by atoms with E-state index >= 15 is 0 Å². The van der Waals surface area contributed by atoms with Gasteiger partial charge in [0.25, 0.3) is 0 Å². The molecule has 5 heteroatoms. The summed E-state index contributed by atoms with van der Waals surface area (Å²) >= 11 is 0. The Balaban J connectivity index is 2.37. The Labute approximate surface area is 110 Å². The van der Waals surface area contributed by atoms with E-state index in [4.69, 9.17) is 5.11 Å². The Morgan fingerprint density at radius 2 is 2.33 bits per heavy atom. The van der Waals surface area contributed by atoms with Crippen LogP contribution in [-0.2, 0) is 13.6 Å². The monoisotopic (exact) mass is 254 g/mol. The first kappa shape index (κ1) is 15.1. The van der Waals surface area contributed by atoms with Crippen molar-refractivity contribution >= 4 is 0 Å². The van der Waals surface area contributed by atoms with E-state index in [0.29, 0.717) is 6.04 Å². The van der Waals surface area contributed by atoms with E-state index in [-0.39, 0.29) is 6.61 Å². The van der Waals surface area contributed by atoms with Gasteiger partial charge in [-0.2, -0.15) is 5.10 Å². The van der Waals surface area contributed by atoms with Gasteiger partial charge in [0.15, 0.2) is 0 Å². The summed E-state index contributed by atoms with van der Waals surface area (Å²) in [7, 11) is 4.03. The Morgan fingerprint density at radius 3 is 2.89 bits per heavy atom. The van der Waals surface area contributed by atoms with E-state index in [2.05, 4.69) is 29.3 Å². The van der Waals surface area contributed by atoms with Gasteiger partial charge in [0.1, 0.15) is 0 Å². The second-order valence-corrected chi connectivity index (χ2v) is 4.88. The Hall–Kier alpha value is -0.910.